The van der Waals surface area contributed by atoms with Crippen LogP contribution in [0.2, 0.25) is 0 Å². The molecule has 2 N–H and O–H groups in total. The molecular weight excluding hydrogens is 284 g/mol. The highest BCUT2D eigenvalue weighted by atomic mass is 16.3. The highest BCUT2D eigenvalue weighted by molar-refractivity contribution is 6.06. The van der Waals surface area contributed by atoms with Gasteiger partial charge < -0.3 is 10.2 Å². The zero-order valence-electron chi connectivity index (χ0n) is 11.6. The summed E-state index contributed by atoms with van der Waals surface area (Å²) in [4.78, 5) is 24.8. The predicted molar refractivity (Wildman–Crippen MR) is 76.9 cm³/mol. The largest absolute Gasteiger partial charge is 0.504 e. The highest BCUT2D eigenvalue weighted by Crippen LogP contribution is 2.52. The Kier molecular flexibility index (Phi) is 2.63. The van der Waals surface area contributed by atoms with Crippen molar-refractivity contribution in [2.75, 3.05) is 0 Å². The summed E-state index contributed by atoms with van der Waals surface area (Å²) in [6.07, 6.45) is 6.28. The molecule has 4 atom stereocenters. The zero-order chi connectivity index (χ0) is 15.4. The summed E-state index contributed by atoms with van der Waals surface area (Å²) in [6.45, 7) is 0. The third-order valence-electron chi connectivity index (χ3n) is 4.77. The zero-order valence-corrected chi connectivity index (χ0v) is 11.6. The molecule has 0 aromatic heterocycles. The second-order valence-corrected chi connectivity index (χ2v) is 5.98. The van der Waals surface area contributed by atoms with Gasteiger partial charge in [0, 0.05) is 0 Å². The van der Waals surface area contributed by atoms with Crippen molar-refractivity contribution in [1.82, 2.24) is 5.01 Å². The van der Waals surface area contributed by atoms with E-state index in [2.05, 4.69) is 5.10 Å². The molecule has 4 rings (SSSR count). The smallest absolute Gasteiger partial charge is 0.254 e. The lowest BCUT2D eigenvalue weighted by molar-refractivity contribution is -0.140. The first kappa shape index (κ1) is 13.1. The molecule has 22 heavy (non-hydrogen) atoms. The number of carbonyl (C=O) groups excluding carboxylic acids is 2. The van der Waals surface area contributed by atoms with Crippen LogP contribution in [0.4, 0.5) is 0 Å². The van der Waals surface area contributed by atoms with Gasteiger partial charge in [-0.1, -0.05) is 12.2 Å². The average molecular weight is 298 g/mol. The molecule has 3 aliphatic rings. The Morgan fingerprint density at radius 2 is 1.68 bits per heavy atom. The summed E-state index contributed by atoms with van der Waals surface area (Å²) in [5, 5.41) is 23.6. The molecule has 2 amide bonds. The van der Waals surface area contributed by atoms with Gasteiger partial charge in [0.2, 0.25) is 0 Å². The van der Waals surface area contributed by atoms with Gasteiger partial charge in [-0.3, -0.25) is 9.59 Å². The van der Waals surface area contributed by atoms with Crippen LogP contribution in [0.3, 0.4) is 0 Å². The molecule has 1 aliphatic heterocycles. The number of aromatic hydroxyl groups is 2. The summed E-state index contributed by atoms with van der Waals surface area (Å²) >= 11 is 0. The Bertz CT molecular complexity index is 710. The first-order chi connectivity index (χ1) is 10.6. The second-order valence-electron chi connectivity index (χ2n) is 5.98. The quantitative estimate of drug-likeness (QED) is 0.372. The maximum absolute atomic E-state index is 12.4. The molecular formula is C16H14N2O4. The van der Waals surface area contributed by atoms with Crippen molar-refractivity contribution < 1.29 is 19.8 Å². The molecule has 1 saturated heterocycles. The molecule has 1 aromatic carbocycles. The third-order valence-corrected chi connectivity index (χ3v) is 4.77. The Balaban J connectivity index is 1.59. The number of benzene rings is 1. The minimum Gasteiger partial charge on any atom is -0.504 e. The van der Waals surface area contributed by atoms with E-state index in [1.54, 1.807) is 0 Å². The number of nitrogens with zero attached hydrogens (tertiary/aromatic N) is 2. The van der Waals surface area contributed by atoms with E-state index in [-0.39, 0.29) is 47.0 Å². The number of phenols is 2. The number of rotatable bonds is 2. The number of imide groups is 1. The molecule has 1 heterocycles. The minimum atomic E-state index is -0.276. The van der Waals surface area contributed by atoms with Crippen LogP contribution in [0.15, 0.2) is 35.5 Å². The number of allylic oxidation sites excluding steroid dienone is 2. The van der Waals surface area contributed by atoms with Crippen LogP contribution in [0.1, 0.15) is 12.0 Å². The number of hydrogen-bond acceptors (Lipinski definition) is 5. The van der Waals surface area contributed by atoms with Crippen LogP contribution in [-0.2, 0) is 9.59 Å². The van der Waals surface area contributed by atoms with Gasteiger partial charge in [0.05, 0.1) is 18.1 Å². The molecule has 0 unspecified atom stereocenters. The van der Waals surface area contributed by atoms with Gasteiger partial charge in [-0.15, -0.1) is 0 Å². The maximum atomic E-state index is 12.4. The Morgan fingerprint density at radius 1 is 1.05 bits per heavy atom. The second kappa shape index (κ2) is 4.43. The highest BCUT2D eigenvalue weighted by Gasteiger charge is 2.59. The molecule has 6 heteroatoms. The van der Waals surface area contributed by atoms with Crippen molar-refractivity contribution in [3.63, 3.8) is 0 Å². The van der Waals surface area contributed by atoms with Crippen molar-refractivity contribution in [3.05, 3.63) is 35.9 Å². The molecule has 2 aliphatic carbocycles. The fourth-order valence-corrected chi connectivity index (χ4v) is 3.75. The van der Waals surface area contributed by atoms with Crippen LogP contribution >= 0.6 is 0 Å². The summed E-state index contributed by atoms with van der Waals surface area (Å²) in [5.74, 6) is -1.23. The molecule has 112 valence electrons. The van der Waals surface area contributed by atoms with Crippen LogP contribution in [0, 0.1) is 23.7 Å². The molecule has 2 fully saturated rings. The van der Waals surface area contributed by atoms with E-state index in [4.69, 9.17) is 0 Å². The third kappa shape index (κ3) is 1.70. The summed E-state index contributed by atoms with van der Waals surface area (Å²) < 4.78 is 0. The van der Waals surface area contributed by atoms with E-state index >= 15 is 0 Å². The number of carbonyl (C=O) groups is 2. The Hall–Kier alpha value is -2.63. The molecule has 0 spiro atoms. The first-order valence-corrected chi connectivity index (χ1v) is 7.18. The lowest BCUT2D eigenvalue weighted by Gasteiger charge is -2.13. The van der Waals surface area contributed by atoms with Gasteiger partial charge in [-0.25, -0.2) is 0 Å². The summed E-state index contributed by atoms with van der Waals surface area (Å²) in [5.41, 5.74) is 0.494. The van der Waals surface area contributed by atoms with Crippen LogP contribution in [-0.4, -0.2) is 33.3 Å². The SMILES string of the molecule is O=C1[C@@H]2[C@@H](C(=O)N1/N=C/c1ccc(O)c(O)c1)[C@@H]1C=C[C@@H]2C1. The van der Waals surface area contributed by atoms with Gasteiger partial charge in [0.1, 0.15) is 0 Å². The standard InChI is InChI=1S/C16H14N2O4/c19-11-4-1-8(5-12(11)20)7-17-18-15(21)13-9-2-3-10(6-9)14(13)16(18)22/h1-5,7,9-10,13-14,19-20H,6H2/b17-7+/t9-,10-,13+,14+/m1/s1. The average Bonchev–Trinajstić information content (AvgIpc) is 3.16. The summed E-state index contributed by atoms with van der Waals surface area (Å²) in [6, 6.07) is 4.18. The fraction of sp³-hybridized carbons (Fsp3) is 0.312. The van der Waals surface area contributed by atoms with E-state index < -0.39 is 0 Å². The lowest BCUT2D eigenvalue weighted by atomic mass is 9.85. The van der Waals surface area contributed by atoms with Crippen molar-refractivity contribution >= 4 is 18.0 Å². The number of amides is 2. The molecule has 1 saturated carbocycles. The van der Waals surface area contributed by atoms with Crippen molar-refractivity contribution in [3.8, 4) is 11.5 Å². The molecule has 6 nitrogen and oxygen atoms in total. The van der Waals surface area contributed by atoms with E-state index in [1.807, 2.05) is 12.2 Å². The Labute approximate surface area is 126 Å². The lowest BCUT2D eigenvalue weighted by Crippen LogP contribution is -2.28. The summed E-state index contributed by atoms with van der Waals surface area (Å²) in [7, 11) is 0. The first-order valence-electron chi connectivity index (χ1n) is 7.18. The Morgan fingerprint density at radius 3 is 2.27 bits per heavy atom. The molecule has 1 aromatic rings. The van der Waals surface area contributed by atoms with E-state index in [0.29, 0.717) is 5.56 Å². The monoisotopic (exact) mass is 298 g/mol. The van der Waals surface area contributed by atoms with Crippen LogP contribution in [0.5, 0.6) is 11.5 Å². The van der Waals surface area contributed by atoms with Gasteiger partial charge >= 0.3 is 0 Å². The fourth-order valence-electron chi connectivity index (χ4n) is 3.75. The van der Waals surface area contributed by atoms with Crippen molar-refractivity contribution in [2.45, 2.75) is 6.42 Å². The van der Waals surface area contributed by atoms with Crippen LogP contribution in [0.25, 0.3) is 0 Å². The predicted octanol–water partition coefficient (Wildman–Crippen LogP) is 1.24. The number of phenolic OH excluding ortho intramolecular Hbond substituents is 2. The topological polar surface area (TPSA) is 90.2 Å². The van der Waals surface area contributed by atoms with Crippen molar-refractivity contribution in [1.29, 1.82) is 0 Å². The van der Waals surface area contributed by atoms with Gasteiger partial charge in [-0.2, -0.15) is 10.1 Å². The van der Waals surface area contributed by atoms with Crippen LogP contribution < -0.4 is 0 Å². The van der Waals surface area contributed by atoms with Crippen molar-refractivity contribution in [2.24, 2.45) is 28.8 Å². The normalized spacial score (nSPS) is 32.5. The van der Waals surface area contributed by atoms with Gasteiger partial charge in [-0.05, 0) is 42.0 Å². The molecule has 0 radical (unpaired) electrons. The van der Waals surface area contributed by atoms with Gasteiger partial charge in [0.25, 0.3) is 11.8 Å². The number of hydrogen-bond donors (Lipinski definition) is 2. The van der Waals surface area contributed by atoms with E-state index in [9.17, 15) is 19.8 Å². The van der Waals surface area contributed by atoms with E-state index in [0.717, 1.165) is 11.4 Å². The number of fused-ring (bicyclic) bond motifs is 5. The maximum Gasteiger partial charge on any atom is 0.254 e. The van der Waals surface area contributed by atoms with E-state index in [1.165, 1.54) is 24.4 Å². The molecule has 2 bridgehead atoms. The number of hydrazone groups is 1. The van der Waals surface area contributed by atoms with Gasteiger partial charge in [0.15, 0.2) is 11.5 Å². The minimum absolute atomic E-state index is 0.157.